The molecule has 1 atom stereocenters. The van der Waals surface area contributed by atoms with E-state index in [0.29, 0.717) is 6.54 Å². The van der Waals surface area contributed by atoms with Gasteiger partial charge in [-0.2, -0.15) is 0 Å². The zero-order chi connectivity index (χ0) is 11.3. The van der Waals surface area contributed by atoms with Gasteiger partial charge in [0.25, 0.3) is 0 Å². The molecule has 0 saturated carbocycles. The first-order valence-corrected chi connectivity index (χ1v) is 6.03. The maximum Gasteiger partial charge on any atom is 0.0471 e. The van der Waals surface area contributed by atoms with Crippen molar-refractivity contribution in [2.24, 2.45) is 11.7 Å². The summed E-state index contributed by atoms with van der Waals surface area (Å²) in [4.78, 5) is 0. The third kappa shape index (κ3) is 3.59. The molecule has 0 aliphatic carbocycles. The Morgan fingerprint density at radius 3 is 2.80 bits per heavy atom. The van der Waals surface area contributed by atoms with Gasteiger partial charge in [-0.25, -0.2) is 0 Å². The Kier molecular flexibility index (Phi) is 5.29. The molecule has 0 amide bonds. The molecule has 1 aromatic carbocycles. The van der Waals surface area contributed by atoms with E-state index in [1.54, 1.807) is 0 Å². The minimum Gasteiger partial charge on any atom is -0.396 e. The lowest BCUT2D eigenvalue weighted by molar-refractivity contribution is 0.223. The fourth-order valence-electron chi connectivity index (χ4n) is 1.57. The van der Waals surface area contributed by atoms with Gasteiger partial charge in [0, 0.05) is 11.1 Å². The molecule has 1 unspecified atom stereocenters. The van der Waals surface area contributed by atoms with Gasteiger partial charge in [-0.05, 0) is 49.4 Å². The van der Waals surface area contributed by atoms with Crippen LogP contribution in [0.25, 0.3) is 0 Å². The van der Waals surface area contributed by atoms with E-state index in [1.165, 1.54) is 11.1 Å². The van der Waals surface area contributed by atoms with Gasteiger partial charge in [0.2, 0.25) is 0 Å². The van der Waals surface area contributed by atoms with E-state index in [4.69, 9.17) is 10.8 Å². The molecular weight excluding hydrogens is 254 g/mol. The highest BCUT2D eigenvalue weighted by molar-refractivity contribution is 9.10. The normalized spacial score (nSPS) is 12.8. The third-order valence-corrected chi connectivity index (χ3v) is 3.65. The predicted octanol–water partition coefficient (Wildman–Crippen LogP) is 2.26. The number of benzene rings is 1. The summed E-state index contributed by atoms with van der Waals surface area (Å²) in [5.74, 6) is 0.225. The molecule has 0 aliphatic rings. The SMILES string of the molecule is Cc1c(Br)cccc1CCC(CN)CO. The fraction of sp³-hybridized carbons (Fsp3) is 0.500. The summed E-state index contributed by atoms with van der Waals surface area (Å²) < 4.78 is 1.15. The summed E-state index contributed by atoms with van der Waals surface area (Å²) in [6.07, 6.45) is 1.93. The second-order valence-corrected chi connectivity index (χ2v) is 4.70. The van der Waals surface area contributed by atoms with Crippen molar-refractivity contribution in [2.75, 3.05) is 13.2 Å². The number of hydrogen-bond donors (Lipinski definition) is 2. The highest BCUT2D eigenvalue weighted by Crippen LogP contribution is 2.21. The summed E-state index contributed by atoms with van der Waals surface area (Å²) in [7, 11) is 0. The molecule has 1 rings (SSSR count). The van der Waals surface area contributed by atoms with Crippen LogP contribution in [-0.4, -0.2) is 18.3 Å². The van der Waals surface area contributed by atoms with Crippen molar-refractivity contribution < 1.29 is 5.11 Å². The van der Waals surface area contributed by atoms with Gasteiger partial charge in [0.1, 0.15) is 0 Å². The van der Waals surface area contributed by atoms with E-state index in [2.05, 4.69) is 28.9 Å². The highest BCUT2D eigenvalue weighted by Gasteiger charge is 2.07. The van der Waals surface area contributed by atoms with Crippen molar-refractivity contribution >= 4 is 15.9 Å². The van der Waals surface area contributed by atoms with E-state index >= 15 is 0 Å². The lowest BCUT2D eigenvalue weighted by atomic mass is 9.97. The highest BCUT2D eigenvalue weighted by atomic mass is 79.9. The first-order valence-electron chi connectivity index (χ1n) is 5.24. The van der Waals surface area contributed by atoms with Crippen molar-refractivity contribution in [2.45, 2.75) is 19.8 Å². The van der Waals surface area contributed by atoms with Crippen LogP contribution in [0.1, 0.15) is 17.5 Å². The molecule has 0 heterocycles. The van der Waals surface area contributed by atoms with Crippen LogP contribution in [0.3, 0.4) is 0 Å². The van der Waals surface area contributed by atoms with Gasteiger partial charge in [-0.1, -0.05) is 28.1 Å². The molecule has 3 N–H and O–H groups in total. The lowest BCUT2D eigenvalue weighted by Crippen LogP contribution is -2.18. The number of halogens is 1. The van der Waals surface area contributed by atoms with Crippen LogP contribution < -0.4 is 5.73 Å². The first kappa shape index (κ1) is 12.7. The standard InChI is InChI=1S/C12H18BrNO/c1-9-11(3-2-4-12(9)13)6-5-10(7-14)8-15/h2-4,10,15H,5-8,14H2,1H3. The van der Waals surface area contributed by atoms with Crippen molar-refractivity contribution in [3.8, 4) is 0 Å². The molecule has 15 heavy (non-hydrogen) atoms. The largest absolute Gasteiger partial charge is 0.396 e. The van der Waals surface area contributed by atoms with E-state index < -0.39 is 0 Å². The molecule has 0 spiro atoms. The van der Waals surface area contributed by atoms with E-state index in [9.17, 15) is 0 Å². The minimum absolute atomic E-state index is 0.184. The zero-order valence-electron chi connectivity index (χ0n) is 9.04. The van der Waals surface area contributed by atoms with E-state index in [0.717, 1.165) is 17.3 Å². The number of nitrogens with two attached hydrogens (primary N) is 1. The Morgan fingerprint density at radius 1 is 1.47 bits per heavy atom. The number of aliphatic hydroxyl groups is 1. The summed E-state index contributed by atoms with van der Waals surface area (Å²) in [5.41, 5.74) is 8.16. The summed E-state index contributed by atoms with van der Waals surface area (Å²) in [6, 6.07) is 6.22. The Bertz CT molecular complexity index is 310. The number of aryl methyl sites for hydroxylation is 1. The van der Waals surface area contributed by atoms with E-state index in [1.807, 2.05) is 12.1 Å². The van der Waals surface area contributed by atoms with Gasteiger partial charge in [-0.3, -0.25) is 0 Å². The number of rotatable bonds is 5. The van der Waals surface area contributed by atoms with Crippen LogP contribution in [0.5, 0.6) is 0 Å². The maximum absolute atomic E-state index is 9.04. The topological polar surface area (TPSA) is 46.2 Å². The summed E-state index contributed by atoms with van der Waals surface area (Å²) in [6.45, 7) is 2.85. The monoisotopic (exact) mass is 271 g/mol. The van der Waals surface area contributed by atoms with Crippen molar-refractivity contribution in [3.05, 3.63) is 33.8 Å². The Hall–Kier alpha value is -0.380. The van der Waals surface area contributed by atoms with Crippen molar-refractivity contribution in [1.82, 2.24) is 0 Å². The zero-order valence-corrected chi connectivity index (χ0v) is 10.6. The molecule has 1 aromatic rings. The molecule has 0 radical (unpaired) electrons. The van der Waals surface area contributed by atoms with Gasteiger partial charge < -0.3 is 10.8 Å². The smallest absolute Gasteiger partial charge is 0.0471 e. The Balaban J connectivity index is 2.61. The van der Waals surface area contributed by atoms with Crippen molar-refractivity contribution in [3.63, 3.8) is 0 Å². The summed E-state index contributed by atoms with van der Waals surface area (Å²) >= 11 is 3.51. The fourth-order valence-corrected chi connectivity index (χ4v) is 1.97. The second-order valence-electron chi connectivity index (χ2n) is 3.85. The molecule has 3 heteroatoms. The van der Waals surface area contributed by atoms with Crippen LogP contribution in [0, 0.1) is 12.8 Å². The Labute approximate surface area is 99.6 Å². The van der Waals surface area contributed by atoms with Crippen LogP contribution in [0.15, 0.2) is 22.7 Å². The van der Waals surface area contributed by atoms with Crippen LogP contribution in [0.2, 0.25) is 0 Å². The van der Waals surface area contributed by atoms with Gasteiger partial charge >= 0.3 is 0 Å². The average Bonchev–Trinajstić information content (AvgIpc) is 2.25. The van der Waals surface area contributed by atoms with Gasteiger partial charge in [0.05, 0.1) is 0 Å². The predicted molar refractivity (Wildman–Crippen MR) is 66.8 cm³/mol. The molecule has 84 valence electrons. The maximum atomic E-state index is 9.04. The van der Waals surface area contributed by atoms with Crippen LogP contribution >= 0.6 is 15.9 Å². The quantitative estimate of drug-likeness (QED) is 0.863. The molecule has 0 bridgehead atoms. The number of aliphatic hydroxyl groups excluding tert-OH is 1. The average molecular weight is 272 g/mol. The van der Waals surface area contributed by atoms with E-state index in [-0.39, 0.29) is 12.5 Å². The van der Waals surface area contributed by atoms with Crippen LogP contribution in [0.4, 0.5) is 0 Å². The second kappa shape index (κ2) is 6.26. The van der Waals surface area contributed by atoms with Gasteiger partial charge in [-0.15, -0.1) is 0 Å². The lowest BCUT2D eigenvalue weighted by Gasteiger charge is -2.12. The molecular formula is C12H18BrNO. The molecule has 0 saturated heterocycles. The molecule has 0 fully saturated rings. The molecule has 2 nitrogen and oxygen atoms in total. The van der Waals surface area contributed by atoms with Gasteiger partial charge in [0.15, 0.2) is 0 Å². The molecule has 0 aromatic heterocycles. The number of hydrogen-bond acceptors (Lipinski definition) is 2. The van der Waals surface area contributed by atoms with Crippen LogP contribution in [-0.2, 0) is 6.42 Å². The first-order chi connectivity index (χ1) is 7.19. The Morgan fingerprint density at radius 2 is 2.20 bits per heavy atom. The third-order valence-electron chi connectivity index (χ3n) is 2.79. The van der Waals surface area contributed by atoms with Crippen molar-refractivity contribution in [1.29, 1.82) is 0 Å². The summed E-state index contributed by atoms with van der Waals surface area (Å²) in [5, 5.41) is 9.04. The molecule has 0 aliphatic heterocycles. The minimum atomic E-state index is 0.184.